The SMILES string of the molecule is CCC1CCCCN1C(=O)CNCCC(=O)O. The van der Waals surface area contributed by atoms with Gasteiger partial charge in [0.2, 0.25) is 5.91 Å². The van der Waals surface area contributed by atoms with E-state index in [4.69, 9.17) is 5.11 Å². The molecule has 1 aliphatic heterocycles. The van der Waals surface area contributed by atoms with Gasteiger partial charge in [-0.3, -0.25) is 9.59 Å². The van der Waals surface area contributed by atoms with Gasteiger partial charge in [0.05, 0.1) is 13.0 Å². The predicted molar refractivity (Wildman–Crippen MR) is 64.8 cm³/mol. The molecule has 98 valence electrons. The van der Waals surface area contributed by atoms with Crippen molar-refractivity contribution < 1.29 is 14.7 Å². The molecule has 1 saturated heterocycles. The highest BCUT2D eigenvalue weighted by Gasteiger charge is 2.24. The Hall–Kier alpha value is -1.10. The highest BCUT2D eigenvalue weighted by atomic mass is 16.4. The largest absolute Gasteiger partial charge is 0.481 e. The van der Waals surface area contributed by atoms with E-state index in [-0.39, 0.29) is 18.9 Å². The van der Waals surface area contributed by atoms with Crippen LogP contribution in [-0.4, -0.2) is 47.6 Å². The number of carboxylic acids is 1. The van der Waals surface area contributed by atoms with Gasteiger partial charge >= 0.3 is 5.97 Å². The van der Waals surface area contributed by atoms with E-state index < -0.39 is 5.97 Å². The predicted octanol–water partition coefficient (Wildman–Crippen LogP) is 0.842. The summed E-state index contributed by atoms with van der Waals surface area (Å²) in [5, 5.41) is 11.4. The van der Waals surface area contributed by atoms with Gasteiger partial charge in [-0.15, -0.1) is 0 Å². The molecule has 0 aliphatic carbocycles. The molecule has 0 radical (unpaired) electrons. The van der Waals surface area contributed by atoms with Crippen LogP contribution in [-0.2, 0) is 9.59 Å². The number of aliphatic carboxylic acids is 1. The van der Waals surface area contributed by atoms with Crippen molar-refractivity contribution >= 4 is 11.9 Å². The Labute approximate surface area is 102 Å². The minimum absolute atomic E-state index is 0.0600. The second-order valence-corrected chi connectivity index (χ2v) is 4.47. The molecule has 1 atom stereocenters. The van der Waals surface area contributed by atoms with E-state index in [1.54, 1.807) is 0 Å². The zero-order valence-electron chi connectivity index (χ0n) is 10.4. The fourth-order valence-corrected chi connectivity index (χ4v) is 2.25. The van der Waals surface area contributed by atoms with Gasteiger partial charge in [0.25, 0.3) is 0 Å². The van der Waals surface area contributed by atoms with Crippen LogP contribution in [0.3, 0.4) is 0 Å². The van der Waals surface area contributed by atoms with Crippen LogP contribution in [0.4, 0.5) is 0 Å². The zero-order chi connectivity index (χ0) is 12.7. The number of hydrogen-bond donors (Lipinski definition) is 2. The molecular formula is C12H22N2O3. The minimum Gasteiger partial charge on any atom is -0.481 e. The minimum atomic E-state index is -0.839. The van der Waals surface area contributed by atoms with Gasteiger partial charge in [-0.05, 0) is 25.7 Å². The summed E-state index contributed by atoms with van der Waals surface area (Å²) in [5.74, 6) is -0.740. The Morgan fingerprint density at radius 1 is 1.41 bits per heavy atom. The number of nitrogens with one attached hydrogen (secondary N) is 1. The molecule has 0 aromatic heterocycles. The highest BCUT2D eigenvalue weighted by molar-refractivity contribution is 5.78. The van der Waals surface area contributed by atoms with Crippen molar-refractivity contribution in [1.29, 1.82) is 0 Å². The summed E-state index contributed by atoms with van der Waals surface area (Å²) < 4.78 is 0. The van der Waals surface area contributed by atoms with Crippen molar-refractivity contribution in [3.8, 4) is 0 Å². The van der Waals surface area contributed by atoms with E-state index in [0.717, 1.165) is 25.8 Å². The third kappa shape index (κ3) is 4.73. The monoisotopic (exact) mass is 242 g/mol. The Morgan fingerprint density at radius 2 is 2.18 bits per heavy atom. The van der Waals surface area contributed by atoms with E-state index in [9.17, 15) is 9.59 Å². The summed E-state index contributed by atoms with van der Waals surface area (Å²) in [6.07, 6.45) is 4.44. The van der Waals surface area contributed by atoms with Crippen molar-refractivity contribution in [2.24, 2.45) is 0 Å². The molecule has 1 heterocycles. The van der Waals surface area contributed by atoms with Gasteiger partial charge in [-0.2, -0.15) is 0 Å². The van der Waals surface area contributed by atoms with Crippen LogP contribution in [0, 0.1) is 0 Å². The molecule has 5 heteroatoms. The summed E-state index contributed by atoms with van der Waals surface area (Å²) in [7, 11) is 0. The van der Waals surface area contributed by atoms with Gasteiger partial charge in [0.1, 0.15) is 0 Å². The average molecular weight is 242 g/mol. The molecule has 17 heavy (non-hydrogen) atoms. The lowest BCUT2D eigenvalue weighted by atomic mass is 10.00. The van der Waals surface area contributed by atoms with E-state index in [0.29, 0.717) is 12.6 Å². The average Bonchev–Trinajstić information content (AvgIpc) is 2.34. The summed E-state index contributed by atoms with van der Waals surface area (Å²) >= 11 is 0. The van der Waals surface area contributed by atoms with Gasteiger partial charge in [-0.1, -0.05) is 6.92 Å². The Balaban J connectivity index is 2.27. The molecule has 1 rings (SSSR count). The van der Waals surface area contributed by atoms with Crippen molar-refractivity contribution in [2.75, 3.05) is 19.6 Å². The second-order valence-electron chi connectivity index (χ2n) is 4.47. The van der Waals surface area contributed by atoms with Gasteiger partial charge in [-0.25, -0.2) is 0 Å². The lowest BCUT2D eigenvalue weighted by Gasteiger charge is -2.35. The van der Waals surface area contributed by atoms with E-state index in [2.05, 4.69) is 12.2 Å². The van der Waals surface area contributed by atoms with Crippen LogP contribution in [0.1, 0.15) is 39.0 Å². The number of rotatable bonds is 6. The normalized spacial score (nSPS) is 20.3. The first-order chi connectivity index (χ1) is 8.15. The summed E-state index contributed by atoms with van der Waals surface area (Å²) in [6.45, 7) is 3.56. The Kier molecular flexibility index (Phi) is 5.97. The quantitative estimate of drug-likeness (QED) is 0.677. The van der Waals surface area contributed by atoms with Gasteiger partial charge < -0.3 is 15.3 Å². The van der Waals surface area contributed by atoms with Gasteiger partial charge in [0.15, 0.2) is 0 Å². The van der Waals surface area contributed by atoms with Crippen molar-refractivity contribution in [3.05, 3.63) is 0 Å². The molecule has 0 bridgehead atoms. The van der Waals surface area contributed by atoms with Crippen LogP contribution in [0.2, 0.25) is 0 Å². The number of nitrogens with zero attached hydrogens (tertiary/aromatic N) is 1. The lowest BCUT2D eigenvalue weighted by molar-refractivity contribution is -0.137. The van der Waals surface area contributed by atoms with E-state index in [1.807, 2.05) is 4.90 Å². The maximum Gasteiger partial charge on any atom is 0.304 e. The third-order valence-electron chi connectivity index (χ3n) is 3.21. The molecular weight excluding hydrogens is 220 g/mol. The van der Waals surface area contributed by atoms with Crippen molar-refractivity contribution in [3.63, 3.8) is 0 Å². The number of carbonyl (C=O) groups is 2. The maximum absolute atomic E-state index is 11.9. The highest BCUT2D eigenvalue weighted by Crippen LogP contribution is 2.19. The number of carboxylic acid groups (broad SMARTS) is 1. The molecule has 0 aromatic carbocycles. The summed E-state index contributed by atoms with van der Waals surface area (Å²) in [6, 6.07) is 0.373. The van der Waals surface area contributed by atoms with Gasteiger partial charge in [0, 0.05) is 19.1 Å². The van der Waals surface area contributed by atoms with Crippen LogP contribution in [0.15, 0.2) is 0 Å². The zero-order valence-corrected chi connectivity index (χ0v) is 10.4. The Bertz CT molecular complexity index is 268. The molecule has 0 saturated carbocycles. The van der Waals surface area contributed by atoms with E-state index >= 15 is 0 Å². The number of amides is 1. The van der Waals surface area contributed by atoms with Crippen LogP contribution in [0.25, 0.3) is 0 Å². The number of piperidine rings is 1. The molecule has 1 aliphatic rings. The lowest BCUT2D eigenvalue weighted by Crippen LogP contribution is -2.47. The number of hydrogen-bond acceptors (Lipinski definition) is 3. The van der Waals surface area contributed by atoms with Crippen molar-refractivity contribution in [1.82, 2.24) is 10.2 Å². The van der Waals surface area contributed by atoms with Crippen LogP contribution >= 0.6 is 0 Å². The molecule has 5 nitrogen and oxygen atoms in total. The standard InChI is InChI=1S/C12H22N2O3/c1-2-10-5-3-4-8-14(10)11(15)9-13-7-6-12(16)17/h10,13H,2-9H2,1H3,(H,16,17). The molecule has 1 fully saturated rings. The van der Waals surface area contributed by atoms with E-state index in [1.165, 1.54) is 6.42 Å². The van der Waals surface area contributed by atoms with Crippen molar-refractivity contribution in [2.45, 2.75) is 45.1 Å². The van der Waals surface area contributed by atoms with Crippen LogP contribution in [0.5, 0.6) is 0 Å². The summed E-state index contributed by atoms with van der Waals surface area (Å²) in [5.41, 5.74) is 0. The Morgan fingerprint density at radius 3 is 2.82 bits per heavy atom. The second kappa shape index (κ2) is 7.27. The number of carbonyl (C=O) groups excluding carboxylic acids is 1. The third-order valence-corrected chi connectivity index (χ3v) is 3.21. The van der Waals surface area contributed by atoms with Crippen LogP contribution < -0.4 is 5.32 Å². The topological polar surface area (TPSA) is 69.6 Å². The summed E-state index contributed by atoms with van der Waals surface area (Å²) in [4.78, 5) is 24.2. The molecule has 2 N–H and O–H groups in total. The molecule has 1 amide bonds. The molecule has 0 aromatic rings. The molecule has 0 spiro atoms. The smallest absolute Gasteiger partial charge is 0.304 e. The molecule has 1 unspecified atom stereocenters. The fraction of sp³-hybridized carbons (Fsp3) is 0.833. The first-order valence-electron chi connectivity index (χ1n) is 6.37. The fourth-order valence-electron chi connectivity index (χ4n) is 2.25. The number of likely N-dealkylation sites (tertiary alicyclic amines) is 1. The maximum atomic E-state index is 11.9. The first kappa shape index (κ1) is 14.0. The first-order valence-corrected chi connectivity index (χ1v) is 6.37.